The smallest absolute Gasteiger partial charge is 0.271 e. The number of carbonyl (C=O) groups is 1. The van der Waals surface area contributed by atoms with E-state index in [1.165, 1.54) is 0 Å². The van der Waals surface area contributed by atoms with Gasteiger partial charge in [-0.2, -0.15) is 0 Å². The van der Waals surface area contributed by atoms with Gasteiger partial charge < -0.3 is 19.7 Å². The molecular weight excluding hydrogens is 320 g/mol. The Hall–Kier alpha value is -1.44. The van der Waals surface area contributed by atoms with E-state index in [-0.39, 0.29) is 23.5 Å². The normalized spacial score (nSPS) is 29.6. The van der Waals surface area contributed by atoms with Crippen molar-refractivity contribution in [3.8, 4) is 0 Å². The third-order valence-electron chi connectivity index (χ3n) is 6.04. The van der Waals surface area contributed by atoms with Crippen LogP contribution in [0.2, 0.25) is 0 Å². The Morgan fingerprint density at radius 3 is 2.88 bits per heavy atom. The maximum Gasteiger partial charge on any atom is 0.271 e. The predicted molar refractivity (Wildman–Crippen MR) is 92.3 cm³/mol. The summed E-state index contributed by atoms with van der Waals surface area (Å²) < 4.78 is 6.08. The second-order valence-corrected chi connectivity index (χ2v) is 8.01. The molecule has 7 nitrogen and oxygen atoms in total. The zero-order valence-corrected chi connectivity index (χ0v) is 14.9. The van der Waals surface area contributed by atoms with Crippen LogP contribution in [0.15, 0.2) is 6.20 Å². The molecule has 1 aromatic heterocycles. The molecule has 1 aromatic rings. The number of aliphatic hydroxyl groups is 1. The van der Waals surface area contributed by atoms with Gasteiger partial charge in [0.15, 0.2) is 0 Å². The van der Waals surface area contributed by atoms with Crippen LogP contribution in [-0.2, 0) is 4.74 Å². The van der Waals surface area contributed by atoms with Gasteiger partial charge >= 0.3 is 0 Å². The molecule has 0 aliphatic carbocycles. The molecule has 1 spiro atoms. The molecule has 138 valence electrons. The number of aliphatic hydroxyl groups excluding tert-OH is 1. The van der Waals surface area contributed by atoms with E-state index in [0.29, 0.717) is 5.69 Å². The Balaban J connectivity index is 1.29. The quantitative estimate of drug-likeness (QED) is 0.844. The third-order valence-corrected chi connectivity index (χ3v) is 6.04. The summed E-state index contributed by atoms with van der Waals surface area (Å²) in [5.41, 5.74) is 0.811. The van der Waals surface area contributed by atoms with Gasteiger partial charge in [0.05, 0.1) is 25.0 Å². The Bertz CT molecular complexity index is 624. The van der Waals surface area contributed by atoms with Crippen LogP contribution in [0.3, 0.4) is 0 Å². The molecule has 4 heterocycles. The van der Waals surface area contributed by atoms with Crippen molar-refractivity contribution in [2.24, 2.45) is 5.41 Å². The van der Waals surface area contributed by atoms with Crippen molar-refractivity contribution < 1.29 is 14.6 Å². The number of imidazole rings is 1. The number of nitrogens with one attached hydrogen (secondary N) is 1. The van der Waals surface area contributed by atoms with E-state index in [9.17, 15) is 9.90 Å². The fraction of sp³-hybridized carbons (Fsp3) is 0.778. The number of carbonyl (C=O) groups excluding carboxylic acids is 1. The summed E-state index contributed by atoms with van der Waals surface area (Å²) in [5.74, 6) is 0.827. The van der Waals surface area contributed by atoms with E-state index in [1.54, 1.807) is 6.20 Å². The molecule has 0 bridgehead atoms. The van der Waals surface area contributed by atoms with Crippen LogP contribution < -0.4 is 0 Å². The topological polar surface area (TPSA) is 81.7 Å². The van der Waals surface area contributed by atoms with Crippen LogP contribution in [0.1, 0.15) is 42.0 Å². The largest absolute Gasteiger partial charge is 0.392 e. The maximum absolute atomic E-state index is 12.5. The second kappa shape index (κ2) is 6.70. The summed E-state index contributed by atoms with van der Waals surface area (Å²) in [4.78, 5) is 23.9. The molecule has 2 atom stereocenters. The van der Waals surface area contributed by atoms with Gasteiger partial charge in [0.1, 0.15) is 11.5 Å². The van der Waals surface area contributed by atoms with E-state index in [2.05, 4.69) is 14.9 Å². The molecule has 3 saturated heterocycles. The first-order valence-electron chi connectivity index (χ1n) is 9.36. The van der Waals surface area contributed by atoms with Crippen molar-refractivity contribution in [1.82, 2.24) is 19.8 Å². The number of piperidine rings is 1. The van der Waals surface area contributed by atoms with Gasteiger partial charge in [-0.05, 0) is 38.0 Å². The first-order valence-corrected chi connectivity index (χ1v) is 9.36. The second-order valence-electron chi connectivity index (χ2n) is 8.01. The summed E-state index contributed by atoms with van der Waals surface area (Å²) >= 11 is 0. The van der Waals surface area contributed by atoms with Crippen molar-refractivity contribution in [3.05, 3.63) is 17.7 Å². The van der Waals surface area contributed by atoms with Crippen molar-refractivity contribution in [2.75, 3.05) is 39.3 Å². The summed E-state index contributed by atoms with van der Waals surface area (Å²) in [5, 5.41) is 9.67. The molecule has 3 aliphatic heterocycles. The molecular formula is C18H28N4O3. The van der Waals surface area contributed by atoms with Gasteiger partial charge in [-0.1, -0.05) is 0 Å². The van der Waals surface area contributed by atoms with Gasteiger partial charge in [-0.15, -0.1) is 0 Å². The molecule has 0 radical (unpaired) electrons. The highest BCUT2D eigenvalue weighted by Gasteiger charge is 2.43. The standard InChI is InChI=1S/C18H28N4O3/c1-13-19-9-16(20-13)17(24)22-6-3-18(4-7-22)8-15(25-12-18)11-21-5-2-14(23)10-21/h9,14-15,23H,2-8,10-12H2,1H3,(H,19,20). The number of hydrogen-bond acceptors (Lipinski definition) is 5. The van der Waals surface area contributed by atoms with E-state index in [1.807, 2.05) is 11.8 Å². The molecule has 2 unspecified atom stereocenters. The number of hydrogen-bond donors (Lipinski definition) is 2. The highest BCUT2D eigenvalue weighted by molar-refractivity contribution is 5.92. The predicted octanol–water partition coefficient (Wildman–Crippen LogP) is 0.796. The Kier molecular flexibility index (Phi) is 4.56. The van der Waals surface area contributed by atoms with Gasteiger partial charge in [-0.25, -0.2) is 4.98 Å². The molecule has 1 amide bonds. The molecule has 3 fully saturated rings. The summed E-state index contributed by atoms with van der Waals surface area (Å²) in [6.07, 6.45) is 5.68. The first-order chi connectivity index (χ1) is 12.0. The number of amides is 1. The van der Waals surface area contributed by atoms with Gasteiger partial charge in [-0.3, -0.25) is 9.69 Å². The number of nitrogens with zero attached hydrogens (tertiary/aromatic N) is 3. The highest BCUT2D eigenvalue weighted by atomic mass is 16.5. The minimum absolute atomic E-state index is 0.0527. The lowest BCUT2D eigenvalue weighted by Gasteiger charge is -2.38. The van der Waals surface area contributed by atoms with Crippen LogP contribution >= 0.6 is 0 Å². The lowest BCUT2D eigenvalue weighted by Crippen LogP contribution is -2.44. The average Bonchev–Trinajstić information content (AvgIpc) is 3.30. The van der Waals surface area contributed by atoms with Crippen LogP contribution in [0.4, 0.5) is 0 Å². The molecule has 7 heteroatoms. The van der Waals surface area contributed by atoms with Crippen LogP contribution in [0.25, 0.3) is 0 Å². The minimum Gasteiger partial charge on any atom is -0.392 e. The van der Waals surface area contributed by atoms with Crippen LogP contribution in [-0.4, -0.2) is 82.3 Å². The monoisotopic (exact) mass is 348 g/mol. The Labute approximate surface area is 148 Å². The SMILES string of the molecule is Cc1ncc(C(=O)N2CCC3(CC2)COC(CN2CCC(O)C2)C3)[nH]1. The fourth-order valence-electron chi connectivity index (χ4n) is 4.51. The third kappa shape index (κ3) is 3.59. The maximum atomic E-state index is 12.5. The lowest BCUT2D eigenvalue weighted by molar-refractivity contribution is 0.0448. The molecule has 25 heavy (non-hydrogen) atoms. The van der Waals surface area contributed by atoms with E-state index < -0.39 is 0 Å². The Morgan fingerprint density at radius 1 is 1.44 bits per heavy atom. The van der Waals surface area contributed by atoms with Crippen molar-refractivity contribution in [2.45, 2.75) is 44.8 Å². The fourth-order valence-corrected chi connectivity index (χ4v) is 4.51. The highest BCUT2D eigenvalue weighted by Crippen LogP contribution is 2.42. The zero-order chi connectivity index (χ0) is 17.4. The molecule has 0 saturated carbocycles. The summed E-state index contributed by atoms with van der Waals surface area (Å²) in [6, 6.07) is 0. The van der Waals surface area contributed by atoms with Gasteiger partial charge in [0.25, 0.3) is 5.91 Å². The number of aromatic nitrogens is 2. The summed E-state index contributed by atoms with van der Waals surface area (Å²) in [6.45, 7) is 6.91. The number of likely N-dealkylation sites (tertiary alicyclic amines) is 2. The number of H-pyrrole nitrogens is 1. The van der Waals surface area contributed by atoms with Crippen molar-refractivity contribution in [1.29, 1.82) is 0 Å². The molecule has 4 rings (SSSR count). The molecule has 0 aromatic carbocycles. The number of aryl methyl sites for hydroxylation is 1. The first kappa shape index (κ1) is 17.0. The van der Waals surface area contributed by atoms with Gasteiger partial charge in [0.2, 0.25) is 0 Å². The van der Waals surface area contributed by atoms with E-state index in [4.69, 9.17) is 4.74 Å². The van der Waals surface area contributed by atoms with E-state index in [0.717, 1.165) is 70.8 Å². The van der Waals surface area contributed by atoms with Crippen molar-refractivity contribution >= 4 is 5.91 Å². The zero-order valence-electron chi connectivity index (χ0n) is 14.9. The molecule has 3 aliphatic rings. The average molecular weight is 348 g/mol. The lowest BCUT2D eigenvalue weighted by atomic mass is 9.76. The van der Waals surface area contributed by atoms with Crippen LogP contribution in [0, 0.1) is 12.3 Å². The van der Waals surface area contributed by atoms with Crippen LogP contribution in [0.5, 0.6) is 0 Å². The van der Waals surface area contributed by atoms with Gasteiger partial charge in [0, 0.05) is 32.7 Å². The number of β-amino-alcohol motifs (C(OH)–C–C–N with tert-alkyl or cyclic N) is 1. The van der Waals surface area contributed by atoms with E-state index >= 15 is 0 Å². The van der Waals surface area contributed by atoms with Crippen molar-refractivity contribution in [3.63, 3.8) is 0 Å². The number of ether oxygens (including phenoxy) is 1. The number of aromatic amines is 1. The number of rotatable bonds is 3. The molecule has 2 N–H and O–H groups in total. The Morgan fingerprint density at radius 2 is 2.24 bits per heavy atom. The minimum atomic E-state index is -0.171. The summed E-state index contributed by atoms with van der Waals surface area (Å²) in [7, 11) is 0.